The SMILES string of the molecule is O=C(Oc1cc(O)cc(O)c1C(=O)COCc1ccccc1)c1cccc(C(=O)c2ccccc2)c1. The first kappa shape index (κ1) is 24.4. The number of carbonyl (C=O) groups is 3. The summed E-state index contributed by atoms with van der Waals surface area (Å²) in [5.41, 5.74) is 1.35. The maximum Gasteiger partial charge on any atom is 0.343 e. The second-order valence-electron chi connectivity index (χ2n) is 7.91. The zero-order valence-corrected chi connectivity index (χ0v) is 19.1. The van der Waals surface area contributed by atoms with Gasteiger partial charge in [-0.05, 0) is 17.7 Å². The van der Waals surface area contributed by atoms with Gasteiger partial charge in [0.25, 0.3) is 0 Å². The van der Waals surface area contributed by atoms with Crippen LogP contribution in [0.3, 0.4) is 0 Å². The van der Waals surface area contributed by atoms with Crippen LogP contribution in [0, 0.1) is 0 Å². The molecule has 7 nitrogen and oxygen atoms in total. The van der Waals surface area contributed by atoms with E-state index < -0.39 is 29.9 Å². The fourth-order valence-electron chi connectivity index (χ4n) is 3.56. The number of hydrogen-bond acceptors (Lipinski definition) is 7. The van der Waals surface area contributed by atoms with E-state index in [0.717, 1.165) is 17.7 Å². The Morgan fingerprint density at radius 3 is 2.06 bits per heavy atom. The molecule has 4 aromatic carbocycles. The van der Waals surface area contributed by atoms with Crippen LogP contribution in [0.2, 0.25) is 0 Å². The average molecular weight is 482 g/mol. The highest BCUT2D eigenvalue weighted by Gasteiger charge is 2.23. The Labute approximate surface area is 207 Å². The third-order valence-corrected chi connectivity index (χ3v) is 5.29. The van der Waals surface area contributed by atoms with E-state index in [1.807, 2.05) is 30.3 Å². The number of ether oxygens (including phenoxy) is 2. The van der Waals surface area contributed by atoms with Crippen LogP contribution < -0.4 is 4.74 Å². The van der Waals surface area contributed by atoms with E-state index in [9.17, 15) is 24.6 Å². The predicted octanol–water partition coefficient (Wildman–Crippen LogP) is 4.95. The zero-order chi connectivity index (χ0) is 25.5. The van der Waals surface area contributed by atoms with Crippen LogP contribution in [0.5, 0.6) is 17.2 Å². The number of Topliss-reactive ketones (excluding diaryl/α,β-unsaturated/α-hetero) is 1. The normalized spacial score (nSPS) is 10.6. The van der Waals surface area contributed by atoms with E-state index in [1.165, 1.54) is 18.2 Å². The molecule has 0 aliphatic rings. The molecule has 0 bridgehead atoms. The first-order chi connectivity index (χ1) is 17.4. The summed E-state index contributed by atoms with van der Waals surface area (Å²) in [7, 11) is 0. The van der Waals surface area contributed by atoms with Gasteiger partial charge in [-0.2, -0.15) is 0 Å². The summed E-state index contributed by atoms with van der Waals surface area (Å²) in [5.74, 6) is -3.07. The molecule has 0 atom stereocenters. The van der Waals surface area contributed by atoms with Gasteiger partial charge in [-0.15, -0.1) is 0 Å². The summed E-state index contributed by atoms with van der Waals surface area (Å²) < 4.78 is 10.8. The van der Waals surface area contributed by atoms with Gasteiger partial charge in [0.15, 0.2) is 11.6 Å². The van der Waals surface area contributed by atoms with E-state index in [4.69, 9.17) is 9.47 Å². The molecule has 0 unspecified atom stereocenters. The number of phenols is 2. The van der Waals surface area contributed by atoms with Crippen molar-refractivity contribution in [3.05, 3.63) is 125 Å². The Morgan fingerprint density at radius 1 is 0.694 bits per heavy atom. The summed E-state index contributed by atoms with van der Waals surface area (Å²) >= 11 is 0. The minimum Gasteiger partial charge on any atom is -0.508 e. The van der Waals surface area contributed by atoms with Gasteiger partial charge in [-0.25, -0.2) is 4.79 Å². The molecule has 0 fully saturated rings. The quantitative estimate of drug-likeness (QED) is 0.197. The number of esters is 1. The van der Waals surface area contributed by atoms with Crippen molar-refractivity contribution in [2.24, 2.45) is 0 Å². The van der Waals surface area contributed by atoms with Gasteiger partial charge in [-0.1, -0.05) is 72.8 Å². The van der Waals surface area contributed by atoms with Crippen molar-refractivity contribution in [3.8, 4) is 17.2 Å². The van der Waals surface area contributed by atoms with Gasteiger partial charge in [0.2, 0.25) is 0 Å². The number of rotatable bonds is 9. The molecule has 7 heteroatoms. The van der Waals surface area contributed by atoms with Crippen LogP contribution in [-0.4, -0.2) is 34.4 Å². The highest BCUT2D eigenvalue weighted by atomic mass is 16.5. The molecular weight excluding hydrogens is 460 g/mol. The second-order valence-corrected chi connectivity index (χ2v) is 7.91. The van der Waals surface area contributed by atoms with E-state index in [2.05, 4.69) is 0 Å². The van der Waals surface area contributed by atoms with E-state index >= 15 is 0 Å². The van der Waals surface area contributed by atoms with Gasteiger partial charge in [0, 0.05) is 23.3 Å². The molecule has 4 rings (SSSR count). The van der Waals surface area contributed by atoms with Crippen molar-refractivity contribution < 1.29 is 34.1 Å². The monoisotopic (exact) mass is 482 g/mol. The van der Waals surface area contributed by atoms with E-state index in [0.29, 0.717) is 5.56 Å². The summed E-state index contributed by atoms with van der Waals surface area (Å²) in [6.07, 6.45) is 0. The molecule has 0 aromatic heterocycles. The molecule has 0 aliphatic heterocycles. The molecule has 0 aliphatic carbocycles. The van der Waals surface area contributed by atoms with Gasteiger partial charge in [-0.3, -0.25) is 9.59 Å². The molecule has 36 heavy (non-hydrogen) atoms. The standard InChI is InChI=1S/C29H22O7/c30-23-15-24(31)27(25(32)18-35-17-19-8-3-1-4-9-19)26(16-23)36-29(34)22-13-7-12-21(14-22)28(33)20-10-5-2-6-11-20/h1-16,30-31H,17-18H2. The van der Waals surface area contributed by atoms with Crippen LogP contribution in [0.25, 0.3) is 0 Å². The van der Waals surface area contributed by atoms with Crippen LogP contribution in [0.15, 0.2) is 97.1 Å². The van der Waals surface area contributed by atoms with Gasteiger partial charge in [0.05, 0.1) is 12.2 Å². The van der Waals surface area contributed by atoms with E-state index in [-0.39, 0.29) is 34.8 Å². The number of aromatic hydroxyl groups is 2. The van der Waals surface area contributed by atoms with Crippen molar-refractivity contribution in [1.82, 2.24) is 0 Å². The van der Waals surface area contributed by atoms with Gasteiger partial charge in [0.1, 0.15) is 29.4 Å². The fourth-order valence-corrected chi connectivity index (χ4v) is 3.56. The maximum atomic E-state index is 12.9. The minimum absolute atomic E-state index is 0.0540. The number of ketones is 2. The van der Waals surface area contributed by atoms with Crippen LogP contribution in [-0.2, 0) is 11.3 Å². The van der Waals surface area contributed by atoms with Crippen LogP contribution in [0.1, 0.15) is 42.2 Å². The maximum absolute atomic E-state index is 12.9. The Morgan fingerprint density at radius 2 is 1.33 bits per heavy atom. The first-order valence-corrected chi connectivity index (χ1v) is 11.0. The number of phenolic OH excluding ortho intramolecular Hbond substituents is 2. The number of benzene rings is 4. The summed E-state index contributed by atoms with van der Waals surface area (Å²) in [6, 6.07) is 25.8. The molecule has 0 spiro atoms. The van der Waals surface area contributed by atoms with Crippen molar-refractivity contribution in [2.75, 3.05) is 6.61 Å². The second kappa shape index (κ2) is 11.1. The zero-order valence-electron chi connectivity index (χ0n) is 19.1. The fraction of sp³-hybridized carbons (Fsp3) is 0.0690. The van der Waals surface area contributed by atoms with Gasteiger partial charge < -0.3 is 19.7 Å². The first-order valence-electron chi connectivity index (χ1n) is 11.0. The minimum atomic E-state index is -0.873. The Hall–Kier alpha value is -4.75. The molecular formula is C29H22O7. The Bertz CT molecular complexity index is 1400. The summed E-state index contributed by atoms with van der Waals surface area (Å²) in [4.78, 5) is 38.4. The Kier molecular flexibility index (Phi) is 7.53. The lowest BCUT2D eigenvalue weighted by Gasteiger charge is -2.13. The topological polar surface area (TPSA) is 110 Å². The van der Waals surface area contributed by atoms with Crippen LogP contribution in [0.4, 0.5) is 0 Å². The smallest absolute Gasteiger partial charge is 0.343 e. The molecule has 0 saturated heterocycles. The van der Waals surface area contributed by atoms with Crippen LogP contribution >= 0.6 is 0 Å². The summed E-state index contributed by atoms with van der Waals surface area (Å²) in [5, 5.41) is 20.2. The van der Waals surface area contributed by atoms with Crippen molar-refractivity contribution in [3.63, 3.8) is 0 Å². The molecule has 180 valence electrons. The lowest BCUT2D eigenvalue weighted by atomic mass is 10.0. The number of carbonyl (C=O) groups excluding carboxylic acids is 3. The molecule has 0 heterocycles. The lowest BCUT2D eigenvalue weighted by Crippen LogP contribution is -2.15. The largest absolute Gasteiger partial charge is 0.508 e. The van der Waals surface area contributed by atoms with Gasteiger partial charge >= 0.3 is 5.97 Å². The molecule has 0 radical (unpaired) electrons. The highest BCUT2D eigenvalue weighted by Crippen LogP contribution is 2.34. The average Bonchev–Trinajstić information content (AvgIpc) is 2.89. The lowest BCUT2D eigenvalue weighted by molar-refractivity contribution is 0.0701. The third-order valence-electron chi connectivity index (χ3n) is 5.29. The van der Waals surface area contributed by atoms with Crippen molar-refractivity contribution in [2.45, 2.75) is 6.61 Å². The number of hydrogen-bond donors (Lipinski definition) is 2. The van der Waals surface area contributed by atoms with Crippen molar-refractivity contribution >= 4 is 17.5 Å². The third kappa shape index (κ3) is 5.84. The Balaban J connectivity index is 1.52. The molecule has 4 aromatic rings. The molecule has 0 amide bonds. The summed E-state index contributed by atoms with van der Waals surface area (Å²) in [6.45, 7) is -0.221. The highest BCUT2D eigenvalue weighted by molar-refractivity contribution is 6.10. The van der Waals surface area contributed by atoms with E-state index in [1.54, 1.807) is 36.4 Å². The molecule has 0 saturated carbocycles. The molecule has 2 N–H and O–H groups in total. The predicted molar refractivity (Wildman–Crippen MR) is 131 cm³/mol. The van der Waals surface area contributed by atoms with Crippen molar-refractivity contribution in [1.29, 1.82) is 0 Å².